The molecule has 4 nitrogen and oxygen atoms in total. The van der Waals surface area contributed by atoms with Crippen LogP contribution >= 0.6 is 0 Å². The second kappa shape index (κ2) is 7.92. The van der Waals surface area contributed by atoms with E-state index >= 15 is 0 Å². The second-order valence-electron chi connectivity index (χ2n) is 6.17. The van der Waals surface area contributed by atoms with Crippen LogP contribution in [0.1, 0.15) is 22.3 Å². The lowest BCUT2D eigenvalue weighted by Gasteiger charge is -2.35. The summed E-state index contributed by atoms with van der Waals surface area (Å²) in [5, 5.41) is 0. The van der Waals surface area contributed by atoms with Crippen molar-refractivity contribution >= 4 is 11.8 Å². The molecule has 25 heavy (non-hydrogen) atoms. The second-order valence-corrected chi connectivity index (χ2v) is 6.17. The molecule has 0 saturated carbocycles. The smallest absolute Gasteiger partial charge is 0.254 e. The van der Waals surface area contributed by atoms with Gasteiger partial charge in [-0.1, -0.05) is 36.4 Å². The Labute approximate surface area is 146 Å². The molecule has 2 amide bonds. The first-order valence-corrected chi connectivity index (χ1v) is 8.50. The van der Waals surface area contributed by atoms with Crippen LogP contribution in [0.25, 0.3) is 0 Å². The Morgan fingerprint density at radius 3 is 2.24 bits per heavy atom. The van der Waals surface area contributed by atoms with Crippen LogP contribution in [0.3, 0.4) is 0 Å². The number of nitrogens with zero attached hydrogens (tertiary/aromatic N) is 2. The number of benzene rings is 2. The number of rotatable bonds is 4. The maximum Gasteiger partial charge on any atom is 0.254 e. The van der Waals surface area contributed by atoms with Crippen LogP contribution in [0.2, 0.25) is 0 Å². The van der Waals surface area contributed by atoms with Gasteiger partial charge in [-0.05, 0) is 30.2 Å². The average molecular weight is 340 g/mol. The van der Waals surface area contributed by atoms with E-state index in [0.29, 0.717) is 38.2 Å². The molecule has 0 radical (unpaired) electrons. The summed E-state index contributed by atoms with van der Waals surface area (Å²) in [6.07, 6.45) is 1.20. The molecule has 0 atom stereocenters. The van der Waals surface area contributed by atoms with Crippen molar-refractivity contribution in [2.24, 2.45) is 0 Å². The molecule has 0 bridgehead atoms. The van der Waals surface area contributed by atoms with E-state index < -0.39 is 5.82 Å². The zero-order valence-corrected chi connectivity index (χ0v) is 14.0. The van der Waals surface area contributed by atoms with Gasteiger partial charge in [-0.2, -0.15) is 0 Å². The Hall–Kier alpha value is -2.69. The molecule has 1 aliphatic rings. The lowest BCUT2D eigenvalue weighted by atomic mass is 10.1. The molecule has 2 aromatic carbocycles. The van der Waals surface area contributed by atoms with Crippen molar-refractivity contribution in [2.45, 2.75) is 12.8 Å². The standard InChI is InChI=1S/C20H21FN2O2/c21-18-8-4-7-17(15-18)20(25)23-13-11-22(12-14-23)19(24)10-9-16-5-2-1-3-6-16/h1-8,15H,9-14H2. The topological polar surface area (TPSA) is 40.6 Å². The third-order valence-electron chi connectivity index (χ3n) is 4.46. The Kier molecular flexibility index (Phi) is 5.43. The van der Waals surface area contributed by atoms with E-state index in [2.05, 4.69) is 0 Å². The summed E-state index contributed by atoms with van der Waals surface area (Å²) < 4.78 is 13.3. The quantitative estimate of drug-likeness (QED) is 0.859. The Bertz CT molecular complexity index is 740. The van der Waals surface area contributed by atoms with E-state index in [1.165, 1.54) is 18.2 Å². The molecular weight excluding hydrogens is 319 g/mol. The summed E-state index contributed by atoms with van der Waals surface area (Å²) in [6.45, 7) is 2.00. The van der Waals surface area contributed by atoms with Crippen LogP contribution in [0, 0.1) is 5.82 Å². The molecule has 0 aliphatic carbocycles. The maximum atomic E-state index is 13.3. The van der Waals surface area contributed by atoms with Crippen LogP contribution in [0.5, 0.6) is 0 Å². The van der Waals surface area contributed by atoms with Gasteiger partial charge in [0.15, 0.2) is 0 Å². The molecule has 130 valence electrons. The first-order chi connectivity index (χ1) is 12.1. The van der Waals surface area contributed by atoms with Gasteiger partial charge in [0.25, 0.3) is 5.91 Å². The van der Waals surface area contributed by atoms with Crippen molar-refractivity contribution in [3.05, 3.63) is 71.5 Å². The number of hydrogen-bond acceptors (Lipinski definition) is 2. The molecule has 0 N–H and O–H groups in total. The van der Waals surface area contributed by atoms with E-state index in [1.807, 2.05) is 30.3 Å². The molecule has 5 heteroatoms. The zero-order valence-electron chi connectivity index (χ0n) is 14.0. The number of halogens is 1. The SMILES string of the molecule is O=C(CCc1ccccc1)N1CCN(C(=O)c2cccc(F)c2)CC1. The normalized spacial score (nSPS) is 14.4. The number of aryl methyl sites for hydroxylation is 1. The van der Waals surface area contributed by atoms with Crippen molar-refractivity contribution in [3.63, 3.8) is 0 Å². The molecule has 3 rings (SSSR count). The van der Waals surface area contributed by atoms with Crippen LogP contribution < -0.4 is 0 Å². The highest BCUT2D eigenvalue weighted by Crippen LogP contribution is 2.12. The van der Waals surface area contributed by atoms with Gasteiger partial charge in [-0.15, -0.1) is 0 Å². The molecule has 0 aromatic heterocycles. The monoisotopic (exact) mass is 340 g/mol. The Morgan fingerprint density at radius 2 is 1.56 bits per heavy atom. The van der Waals surface area contributed by atoms with E-state index in [9.17, 15) is 14.0 Å². The van der Waals surface area contributed by atoms with E-state index in [0.717, 1.165) is 12.0 Å². The number of piperazine rings is 1. The summed E-state index contributed by atoms with van der Waals surface area (Å²) in [4.78, 5) is 28.2. The summed E-state index contributed by atoms with van der Waals surface area (Å²) in [5.41, 5.74) is 1.50. The van der Waals surface area contributed by atoms with Gasteiger partial charge in [0.2, 0.25) is 5.91 Å². The molecular formula is C20H21FN2O2. The predicted molar refractivity (Wildman–Crippen MR) is 93.6 cm³/mol. The fourth-order valence-electron chi connectivity index (χ4n) is 3.02. The predicted octanol–water partition coefficient (Wildman–Crippen LogP) is 2.74. The van der Waals surface area contributed by atoms with Gasteiger partial charge in [-0.3, -0.25) is 9.59 Å². The van der Waals surface area contributed by atoms with Gasteiger partial charge in [0.1, 0.15) is 5.82 Å². The zero-order chi connectivity index (χ0) is 17.6. The van der Waals surface area contributed by atoms with E-state index in [1.54, 1.807) is 15.9 Å². The van der Waals surface area contributed by atoms with Crippen molar-refractivity contribution in [1.82, 2.24) is 9.80 Å². The number of carbonyl (C=O) groups is 2. The Balaban J connectivity index is 1.49. The van der Waals surface area contributed by atoms with Gasteiger partial charge in [0.05, 0.1) is 0 Å². The fraction of sp³-hybridized carbons (Fsp3) is 0.300. The lowest BCUT2D eigenvalue weighted by Crippen LogP contribution is -2.50. The molecule has 1 saturated heterocycles. The molecule has 1 fully saturated rings. The summed E-state index contributed by atoms with van der Waals surface area (Å²) in [7, 11) is 0. The lowest BCUT2D eigenvalue weighted by molar-refractivity contribution is -0.132. The highest BCUT2D eigenvalue weighted by molar-refractivity contribution is 5.94. The minimum absolute atomic E-state index is 0.113. The number of hydrogen-bond donors (Lipinski definition) is 0. The van der Waals surface area contributed by atoms with Crippen molar-refractivity contribution in [2.75, 3.05) is 26.2 Å². The maximum absolute atomic E-state index is 13.3. The first-order valence-electron chi connectivity index (χ1n) is 8.50. The van der Waals surface area contributed by atoms with Crippen LogP contribution in [0.15, 0.2) is 54.6 Å². The molecule has 2 aromatic rings. The largest absolute Gasteiger partial charge is 0.339 e. The summed E-state index contributed by atoms with van der Waals surface area (Å²) in [6, 6.07) is 15.6. The summed E-state index contributed by atoms with van der Waals surface area (Å²) in [5.74, 6) is -0.488. The summed E-state index contributed by atoms with van der Waals surface area (Å²) >= 11 is 0. The molecule has 0 spiro atoms. The number of amides is 2. The first kappa shape index (κ1) is 17.1. The third-order valence-corrected chi connectivity index (χ3v) is 4.46. The van der Waals surface area contributed by atoms with E-state index in [-0.39, 0.29) is 11.8 Å². The van der Waals surface area contributed by atoms with E-state index in [4.69, 9.17) is 0 Å². The molecule has 1 aliphatic heterocycles. The van der Waals surface area contributed by atoms with Crippen molar-refractivity contribution < 1.29 is 14.0 Å². The van der Waals surface area contributed by atoms with Crippen LogP contribution in [-0.2, 0) is 11.2 Å². The van der Waals surface area contributed by atoms with Crippen molar-refractivity contribution in [3.8, 4) is 0 Å². The van der Waals surface area contributed by atoms with Gasteiger partial charge in [-0.25, -0.2) is 4.39 Å². The average Bonchev–Trinajstić information content (AvgIpc) is 2.66. The van der Waals surface area contributed by atoms with Crippen molar-refractivity contribution in [1.29, 1.82) is 0 Å². The highest BCUT2D eigenvalue weighted by Gasteiger charge is 2.24. The minimum atomic E-state index is -0.416. The fourth-order valence-corrected chi connectivity index (χ4v) is 3.02. The molecule has 1 heterocycles. The third kappa shape index (κ3) is 4.44. The van der Waals surface area contributed by atoms with Gasteiger partial charge >= 0.3 is 0 Å². The van der Waals surface area contributed by atoms with Gasteiger partial charge in [0, 0.05) is 38.2 Å². The molecule has 0 unspecified atom stereocenters. The van der Waals surface area contributed by atoms with Gasteiger partial charge < -0.3 is 9.80 Å². The highest BCUT2D eigenvalue weighted by atomic mass is 19.1. The number of carbonyl (C=O) groups excluding carboxylic acids is 2. The Morgan fingerprint density at radius 1 is 0.880 bits per heavy atom. The van der Waals surface area contributed by atoms with Crippen LogP contribution in [0.4, 0.5) is 4.39 Å². The minimum Gasteiger partial charge on any atom is -0.339 e. The van der Waals surface area contributed by atoms with Crippen LogP contribution in [-0.4, -0.2) is 47.8 Å².